The van der Waals surface area contributed by atoms with Crippen molar-refractivity contribution in [3.63, 3.8) is 0 Å². The Morgan fingerprint density at radius 1 is 0.571 bits per heavy atom. The minimum absolute atomic E-state index is 0.0696. The molecule has 0 bridgehead atoms. The van der Waals surface area contributed by atoms with E-state index < -0.39 is 6.10 Å². The summed E-state index contributed by atoms with van der Waals surface area (Å²) in [6.07, 6.45) is 40.4. The normalized spacial score (nSPS) is 12.7. The Bertz CT molecular complexity index is 722. The van der Waals surface area contributed by atoms with E-state index in [1.54, 1.807) is 0 Å². The average molecular weight is 589 g/mol. The summed E-state index contributed by atoms with van der Waals surface area (Å²) >= 11 is 0. The lowest BCUT2D eigenvalue weighted by molar-refractivity contribution is -0.161. The topological polar surface area (TPSA) is 72.8 Å². The summed E-state index contributed by atoms with van der Waals surface area (Å²) < 4.78 is 10.5. The summed E-state index contributed by atoms with van der Waals surface area (Å²) in [5.74, 6) is -0.610. The molecule has 0 aliphatic heterocycles. The van der Waals surface area contributed by atoms with E-state index in [-0.39, 0.29) is 25.2 Å². The predicted molar refractivity (Wildman–Crippen MR) is 177 cm³/mol. The van der Waals surface area contributed by atoms with Crippen LogP contribution in [0.5, 0.6) is 0 Å². The largest absolute Gasteiger partial charge is 0.462 e. The quantitative estimate of drug-likeness (QED) is 0.0513. The van der Waals surface area contributed by atoms with Crippen LogP contribution in [0.1, 0.15) is 155 Å². The van der Waals surface area contributed by atoms with E-state index in [4.69, 9.17) is 9.47 Å². The molecule has 0 aliphatic rings. The maximum atomic E-state index is 12.1. The number of hydrogen-bond acceptors (Lipinski definition) is 5. The highest BCUT2D eigenvalue weighted by Crippen LogP contribution is 2.12. The number of esters is 2. The van der Waals surface area contributed by atoms with E-state index in [1.165, 1.54) is 57.8 Å². The third-order valence-electron chi connectivity index (χ3n) is 7.14. The fourth-order valence-corrected chi connectivity index (χ4v) is 4.54. The molecule has 0 spiro atoms. The zero-order valence-electron chi connectivity index (χ0n) is 27.2. The monoisotopic (exact) mass is 588 g/mol. The second-order valence-corrected chi connectivity index (χ2v) is 11.2. The highest BCUT2D eigenvalue weighted by Gasteiger charge is 2.16. The number of carbonyl (C=O) groups excluding carboxylic acids is 2. The van der Waals surface area contributed by atoms with Gasteiger partial charge in [-0.25, -0.2) is 0 Å². The molecule has 0 saturated heterocycles. The van der Waals surface area contributed by atoms with Crippen molar-refractivity contribution >= 4 is 11.9 Å². The van der Waals surface area contributed by atoms with Crippen LogP contribution < -0.4 is 0 Å². The van der Waals surface area contributed by atoms with E-state index in [1.807, 2.05) is 0 Å². The molecule has 42 heavy (non-hydrogen) atoms. The van der Waals surface area contributed by atoms with Crippen LogP contribution in [-0.4, -0.2) is 36.4 Å². The van der Waals surface area contributed by atoms with Crippen molar-refractivity contribution in [2.24, 2.45) is 0 Å². The third kappa shape index (κ3) is 30.8. The molecule has 0 aromatic heterocycles. The second-order valence-electron chi connectivity index (χ2n) is 11.2. The van der Waals surface area contributed by atoms with Gasteiger partial charge in [-0.15, -0.1) is 0 Å². The lowest BCUT2D eigenvalue weighted by Crippen LogP contribution is -2.28. The Hall–Kier alpha value is -2.14. The van der Waals surface area contributed by atoms with Crippen LogP contribution in [0, 0.1) is 0 Å². The van der Waals surface area contributed by atoms with Crippen LogP contribution in [0.2, 0.25) is 0 Å². The SMILES string of the molecule is CC/C=C\C/C=C\C/C=C\C/C=C\CCCCCCCCCCC(=O)OC(CO)COC(=O)CCCCCCCCC. The van der Waals surface area contributed by atoms with E-state index in [0.29, 0.717) is 12.8 Å². The number of allylic oxidation sites excluding steroid dienone is 8. The van der Waals surface area contributed by atoms with Crippen molar-refractivity contribution in [1.82, 2.24) is 0 Å². The van der Waals surface area contributed by atoms with E-state index >= 15 is 0 Å². The van der Waals surface area contributed by atoms with Crippen molar-refractivity contribution < 1.29 is 24.2 Å². The molecular formula is C37H64O5. The van der Waals surface area contributed by atoms with Gasteiger partial charge in [-0.1, -0.05) is 140 Å². The van der Waals surface area contributed by atoms with Crippen molar-refractivity contribution in [2.75, 3.05) is 13.2 Å². The molecule has 242 valence electrons. The number of carbonyl (C=O) groups is 2. The van der Waals surface area contributed by atoms with Crippen molar-refractivity contribution in [1.29, 1.82) is 0 Å². The minimum atomic E-state index is -0.771. The number of aliphatic hydroxyl groups is 1. The number of hydrogen-bond donors (Lipinski definition) is 1. The number of rotatable bonds is 30. The molecule has 0 saturated carbocycles. The smallest absolute Gasteiger partial charge is 0.306 e. The van der Waals surface area contributed by atoms with E-state index in [0.717, 1.165) is 70.6 Å². The van der Waals surface area contributed by atoms with Gasteiger partial charge in [-0.05, 0) is 51.4 Å². The summed E-state index contributed by atoms with van der Waals surface area (Å²) in [6.45, 7) is 3.95. The molecule has 1 unspecified atom stereocenters. The maximum Gasteiger partial charge on any atom is 0.306 e. The first-order valence-electron chi connectivity index (χ1n) is 17.2. The molecular weight excluding hydrogens is 524 g/mol. The average Bonchev–Trinajstić information content (AvgIpc) is 2.99. The van der Waals surface area contributed by atoms with Crippen LogP contribution >= 0.6 is 0 Å². The minimum Gasteiger partial charge on any atom is -0.462 e. The van der Waals surface area contributed by atoms with Gasteiger partial charge in [0.2, 0.25) is 0 Å². The zero-order chi connectivity index (χ0) is 30.8. The van der Waals surface area contributed by atoms with Crippen LogP contribution in [0.4, 0.5) is 0 Å². The Balaban J connectivity index is 3.57. The molecule has 0 fully saturated rings. The Kier molecular flexibility index (Phi) is 31.7. The van der Waals surface area contributed by atoms with E-state index in [2.05, 4.69) is 62.5 Å². The van der Waals surface area contributed by atoms with Crippen LogP contribution in [0.3, 0.4) is 0 Å². The van der Waals surface area contributed by atoms with Crippen molar-refractivity contribution in [3.05, 3.63) is 48.6 Å². The molecule has 0 amide bonds. The van der Waals surface area contributed by atoms with Gasteiger partial charge in [0.15, 0.2) is 6.10 Å². The summed E-state index contributed by atoms with van der Waals surface area (Å²) in [6, 6.07) is 0. The molecule has 0 heterocycles. The van der Waals surface area contributed by atoms with Gasteiger partial charge in [-0.3, -0.25) is 9.59 Å². The van der Waals surface area contributed by atoms with Gasteiger partial charge >= 0.3 is 11.9 Å². The van der Waals surface area contributed by atoms with Crippen LogP contribution in [-0.2, 0) is 19.1 Å². The number of unbranched alkanes of at least 4 members (excludes halogenated alkanes) is 14. The highest BCUT2D eigenvalue weighted by atomic mass is 16.6. The van der Waals surface area contributed by atoms with Crippen LogP contribution in [0.25, 0.3) is 0 Å². The first-order chi connectivity index (χ1) is 20.6. The summed E-state index contributed by atoms with van der Waals surface area (Å²) in [7, 11) is 0. The second kappa shape index (κ2) is 33.4. The van der Waals surface area contributed by atoms with E-state index in [9.17, 15) is 14.7 Å². The van der Waals surface area contributed by atoms with Gasteiger partial charge in [0, 0.05) is 12.8 Å². The molecule has 0 rings (SSSR count). The van der Waals surface area contributed by atoms with Gasteiger partial charge < -0.3 is 14.6 Å². The number of aliphatic hydroxyl groups excluding tert-OH is 1. The summed E-state index contributed by atoms with van der Waals surface area (Å²) in [4.78, 5) is 24.0. The first kappa shape index (κ1) is 39.9. The van der Waals surface area contributed by atoms with Crippen LogP contribution in [0.15, 0.2) is 48.6 Å². The predicted octanol–water partition coefficient (Wildman–Crippen LogP) is 10.3. The Labute approximate surface area is 258 Å². The highest BCUT2D eigenvalue weighted by molar-refractivity contribution is 5.70. The summed E-state index contributed by atoms with van der Waals surface area (Å²) in [5.41, 5.74) is 0. The molecule has 1 atom stereocenters. The molecule has 1 N–H and O–H groups in total. The molecule has 0 aromatic rings. The molecule has 5 nitrogen and oxygen atoms in total. The summed E-state index contributed by atoms with van der Waals surface area (Å²) in [5, 5.41) is 9.47. The van der Waals surface area contributed by atoms with Crippen molar-refractivity contribution in [3.8, 4) is 0 Å². The van der Waals surface area contributed by atoms with Gasteiger partial charge in [0.25, 0.3) is 0 Å². The maximum absolute atomic E-state index is 12.1. The third-order valence-corrected chi connectivity index (χ3v) is 7.14. The van der Waals surface area contributed by atoms with Gasteiger partial charge in [0.05, 0.1) is 6.61 Å². The molecule has 0 radical (unpaired) electrons. The zero-order valence-corrected chi connectivity index (χ0v) is 27.2. The van der Waals surface area contributed by atoms with Crippen molar-refractivity contribution in [2.45, 2.75) is 161 Å². The lowest BCUT2D eigenvalue weighted by atomic mass is 10.1. The fraction of sp³-hybridized carbons (Fsp3) is 0.730. The lowest BCUT2D eigenvalue weighted by Gasteiger charge is -2.15. The molecule has 0 aliphatic carbocycles. The standard InChI is InChI=1S/C37H64O5/c1-3-5-7-9-11-12-13-14-15-16-17-18-19-20-21-22-23-24-26-28-30-32-37(40)42-35(33-38)34-41-36(39)31-29-27-25-10-8-6-4-2/h5,7,11-12,14-15,17-18,35,38H,3-4,6,8-10,13,16,19-34H2,1-2H3/b7-5-,12-11-,15-14-,18-17-. The van der Waals surface area contributed by atoms with Gasteiger partial charge in [-0.2, -0.15) is 0 Å². The fourth-order valence-electron chi connectivity index (χ4n) is 4.54. The van der Waals surface area contributed by atoms with Gasteiger partial charge in [0.1, 0.15) is 6.61 Å². The Morgan fingerprint density at radius 3 is 1.55 bits per heavy atom. The number of ether oxygens (including phenoxy) is 2. The Morgan fingerprint density at radius 2 is 1.02 bits per heavy atom. The molecule has 5 heteroatoms. The first-order valence-corrected chi connectivity index (χ1v) is 17.2. The molecule has 0 aromatic carbocycles.